The monoisotopic (exact) mass is 257 g/mol. The van der Waals surface area contributed by atoms with Crippen LogP contribution in [0, 0.1) is 11.3 Å². The van der Waals surface area contributed by atoms with E-state index < -0.39 is 5.97 Å². The maximum absolute atomic E-state index is 10.6. The van der Waals surface area contributed by atoms with Crippen molar-refractivity contribution >= 4 is 12.0 Å². The summed E-state index contributed by atoms with van der Waals surface area (Å²) in [5.74, 6) is -0.423. The van der Waals surface area contributed by atoms with Crippen molar-refractivity contribution in [3.05, 3.63) is 47.6 Å². The predicted molar refractivity (Wildman–Crippen MR) is 72.6 cm³/mol. The van der Waals surface area contributed by atoms with Crippen LogP contribution in [-0.4, -0.2) is 17.7 Å². The first-order valence-electron chi connectivity index (χ1n) is 5.92. The van der Waals surface area contributed by atoms with E-state index in [1.165, 1.54) is 12.2 Å². The van der Waals surface area contributed by atoms with Gasteiger partial charge in [-0.3, -0.25) is 0 Å². The number of aliphatic carboxylic acids is 1. The maximum Gasteiger partial charge on any atom is 0.346 e. The van der Waals surface area contributed by atoms with Gasteiger partial charge in [0.05, 0.1) is 6.61 Å². The Morgan fingerprint density at radius 2 is 2.11 bits per heavy atom. The molecule has 0 aliphatic rings. The fraction of sp³-hybridized carbons (Fsp3) is 0.200. The Morgan fingerprint density at radius 3 is 2.63 bits per heavy atom. The molecule has 0 aliphatic heterocycles. The second-order valence-electron chi connectivity index (χ2n) is 3.77. The molecular weight excluding hydrogens is 242 g/mol. The van der Waals surface area contributed by atoms with Crippen LogP contribution in [0.15, 0.2) is 42.0 Å². The highest BCUT2D eigenvalue weighted by atomic mass is 16.5. The number of rotatable bonds is 6. The molecule has 4 heteroatoms. The summed E-state index contributed by atoms with van der Waals surface area (Å²) in [7, 11) is 0. The molecule has 0 saturated heterocycles. The van der Waals surface area contributed by atoms with Gasteiger partial charge in [-0.2, -0.15) is 5.26 Å². The van der Waals surface area contributed by atoms with Crippen LogP contribution in [0.1, 0.15) is 18.9 Å². The first kappa shape index (κ1) is 14.5. The molecule has 0 atom stereocenters. The molecule has 0 spiro atoms. The fourth-order valence-corrected chi connectivity index (χ4v) is 1.31. The van der Waals surface area contributed by atoms with Crippen LogP contribution in [-0.2, 0) is 4.79 Å². The van der Waals surface area contributed by atoms with Crippen LogP contribution >= 0.6 is 0 Å². The third-order valence-corrected chi connectivity index (χ3v) is 2.26. The van der Waals surface area contributed by atoms with Gasteiger partial charge in [0.1, 0.15) is 17.4 Å². The summed E-state index contributed by atoms with van der Waals surface area (Å²) in [5.41, 5.74) is 0.613. The molecule has 1 rings (SSSR count). The van der Waals surface area contributed by atoms with Crippen LogP contribution in [0.5, 0.6) is 5.75 Å². The normalized spacial score (nSPS) is 11.3. The number of hydrogen-bond acceptors (Lipinski definition) is 3. The highest BCUT2D eigenvalue weighted by molar-refractivity contribution is 5.91. The van der Waals surface area contributed by atoms with Crippen molar-refractivity contribution in [3.63, 3.8) is 0 Å². The lowest BCUT2D eigenvalue weighted by molar-refractivity contribution is -0.132. The number of benzene rings is 1. The molecule has 98 valence electrons. The van der Waals surface area contributed by atoms with E-state index in [2.05, 4.69) is 0 Å². The lowest BCUT2D eigenvalue weighted by atomic mass is 10.2. The van der Waals surface area contributed by atoms with Gasteiger partial charge in [0, 0.05) is 0 Å². The third-order valence-electron chi connectivity index (χ3n) is 2.26. The molecule has 1 N–H and O–H groups in total. The number of nitrogens with zero attached hydrogens (tertiary/aromatic N) is 1. The van der Waals surface area contributed by atoms with E-state index in [0.29, 0.717) is 6.61 Å². The number of hydrogen-bond donors (Lipinski definition) is 1. The number of carbonyl (C=O) groups is 1. The zero-order valence-corrected chi connectivity index (χ0v) is 10.7. The lowest BCUT2D eigenvalue weighted by Gasteiger charge is -2.03. The summed E-state index contributed by atoms with van der Waals surface area (Å²) in [6, 6.07) is 9.03. The van der Waals surface area contributed by atoms with E-state index in [-0.39, 0.29) is 5.57 Å². The Balaban J connectivity index is 2.68. The predicted octanol–water partition coefficient (Wildman–Crippen LogP) is 3.02. The van der Waals surface area contributed by atoms with Gasteiger partial charge in [-0.25, -0.2) is 4.79 Å². The van der Waals surface area contributed by atoms with Crippen molar-refractivity contribution in [2.45, 2.75) is 13.3 Å². The van der Waals surface area contributed by atoms with Crippen molar-refractivity contribution in [2.24, 2.45) is 0 Å². The van der Waals surface area contributed by atoms with Crippen molar-refractivity contribution < 1.29 is 14.6 Å². The molecule has 0 aliphatic carbocycles. The minimum absolute atomic E-state index is 0.292. The van der Waals surface area contributed by atoms with Gasteiger partial charge in [0.25, 0.3) is 0 Å². The van der Waals surface area contributed by atoms with Crippen LogP contribution in [0.25, 0.3) is 6.08 Å². The standard InChI is InChI=1S/C15H15NO3/c1-2-10-19-14-8-6-12(7-9-14)4-3-5-13(11-16)15(17)18/h3-9H,2,10H2,1H3,(H,17,18). The minimum Gasteiger partial charge on any atom is -0.494 e. The van der Waals surface area contributed by atoms with Gasteiger partial charge in [0.15, 0.2) is 0 Å². The lowest BCUT2D eigenvalue weighted by Crippen LogP contribution is -1.96. The summed E-state index contributed by atoms with van der Waals surface area (Å²) >= 11 is 0. The topological polar surface area (TPSA) is 70.3 Å². The average Bonchev–Trinajstić information content (AvgIpc) is 2.42. The van der Waals surface area contributed by atoms with Crippen molar-refractivity contribution in [3.8, 4) is 11.8 Å². The maximum atomic E-state index is 10.6. The Morgan fingerprint density at radius 1 is 1.42 bits per heavy atom. The van der Waals surface area contributed by atoms with Gasteiger partial charge < -0.3 is 9.84 Å². The van der Waals surface area contributed by atoms with E-state index >= 15 is 0 Å². The molecule has 19 heavy (non-hydrogen) atoms. The quantitative estimate of drug-likeness (QED) is 0.483. The van der Waals surface area contributed by atoms with Crippen LogP contribution in [0.3, 0.4) is 0 Å². The molecular formula is C15H15NO3. The Kier molecular flexibility index (Phi) is 5.90. The number of allylic oxidation sites excluding steroid dienone is 2. The molecule has 0 saturated carbocycles. The SMILES string of the molecule is CCCOc1ccc(C=CC=C(C#N)C(=O)O)cc1. The molecule has 0 amide bonds. The highest BCUT2D eigenvalue weighted by Gasteiger charge is 2.02. The number of carboxylic acid groups (broad SMARTS) is 1. The van der Waals surface area contributed by atoms with Gasteiger partial charge >= 0.3 is 5.97 Å². The summed E-state index contributed by atoms with van der Waals surface area (Å²) in [6.45, 7) is 2.72. The molecule has 0 fully saturated rings. The minimum atomic E-state index is -1.23. The fourth-order valence-electron chi connectivity index (χ4n) is 1.31. The zero-order valence-electron chi connectivity index (χ0n) is 10.7. The number of ether oxygens (including phenoxy) is 1. The molecule has 0 radical (unpaired) electrons. The largest absolute Gasteiger partial charge is 0.494 e. The van der Waals surface area contributed by atoms with E-state index in [1.54, 1.807) is 12.1 Å². The Hall–Kier alpha value is -2.54. The van der Waals surface area contributed by atoms with E-state index in [9.17, 15) is 4.79 Å². The van der Waals surface area contributed by atoms with Crippen LogP contribution in [0.2, 0.25) is 0 Å². The molecule has 0 unspecified atom stereocenters. The smallest absolute Gasteiger partial charge is 0.346 e. The number of carboxylic acids is 1. The van der Waals surface area contributed by atoms with Crippen molar-refractivity contribution in [1.82, 2.24) is 0 Å². The van der Waals surface area contributed by atoms with Gasteiger partial charge in [0.2, 0.25) is 0 Å². The first-order valence-corrected chi connectivity index (χ1v) is 5.92. The second-order valence-corrected chi connectivity index (χ2v) is 3.77. The molecule has 1 aromatic carbocycles. The van der Waals surface area contributed by atoms with Crippen LogP contribution in [0.4, 0.5) is 0 Å². The third kappa shape index (κ3) is 5.09. The average molecular weight is 257 g/mol. The molecule has 0 heterocycles. The van der Waals surface area contributed by atoms with Crippen LogP contribution < -0.4 is 4.74 Å². The highest BCUT2D eigenvalue weighted by Crippen LogP contribution is 2.13. The molecule has 4 nitrogen and oxygen atoms in total. The summed E-state index contributed by atoms with van der Waals surface area (Å²) in [5, 5.41) is 17.2. The van der Waals surface area contributed by atoms with Gasteiger partial charge in [-0.15, -0.1) is 0 Å². The van der Waals surface area contributed by atoms with Gasteiger partial charge in [-0.1, -0.05) is 31.2 Å². The second kappa shape index (κ2) is 7.72. The molecule has 1 aromatic rings. The van der Waals surface area contributed by atoms with Crippen molar-refractivity contribution in [2.75, 3.05) is 6.61 Å². The van der Waals surface area contributed by atoms with Gasteiger partial charge in [-0.05, 0) is 30.2 Å². The first-order chi connectivity index (χ1) is 9.17. The van der Waals surface area contributed by atoms with Crippen molar-refractivity contribution in [1.29, 1.82) is 5.26 Å². The summed E-state index contributed by atoms with van der Waals surface area (Å²) in [4.78, 5) is 10.6. The van der Waals surface area contributed by atoms with E-state index in [0.717, 1.165) is 17.7 Å². The van der Waals surface area contributed by atoms with E-state index in [1.807, 2.05) is 31.2 Å². The zero-order chi connectivity index (χ0) is 14.1. The van der Waals surface area contributed by atoms with E-state index in [4.69, 9.17) is 15.1 Å². The summed E-state index contributed by atoms with van der Waals surface area (Å²) in [6.07, 6.45) is 5.49. The number of nitriles is 1. The Labute approximate surface area is 112 Å². The summed E-state index contributed by atoms with van der Waals surface area (Å²) < 4.78 is 5.44. The Bertz CT molecular complexity index is 521. The molecule has 0 bridgehead atoms. The molecule has 0 aromatic heterocycles.